The van der Waals surface area contributed by atoms with Gasteiger partial charge in [-0.2, -0.15) is 0 Å². The maximum atomic E-state index is 11.0. The fourth-order valence-electron chi connectivity index (χ4n) is 2.20. The predicted octanol–water partition coefficient (Wildman–Crippen LogP) is 1.15. The van der Waals surface area contributed by atoms with Crippen molar-refractivity contribution in [3.05, 3.63) is 58.2 Å². The molecule has 1 atom stereocenters. The van der Waals surface area contributed by atoms with Crippen molar-refractivity contribution >= 4 is 18.3 Å². The maximum Gasteiger partial charge on any atom is 0.310 e. The van der Waals surface area contributed by atoms with Crippen LogP contribution in [0.25, 0.3) is 12.3 Å². The molecular formula is C15H12O3. The molecule has 1 N–H and O–H groups in total. The molecule has 0 aromatic heterocycles. The lowest BCUT2D eigenvalue weighted by Gasteiger charge is -2.16. The first kappa shape index (κ1) is 10.8. The fraction of sp³-hybridized carbons (Fsp3) is 0.133. The number of carbonyl (C=O) groups is 1. The lowest BCUT2D eigenvalue weighted by atomic mass is 9.92. The second kappa shape index (κ2) is 4.18. The minimum atomic E-state index is -0.798. The smallest absolute Gasteiger partial charge is 0.310 e. The first-order chi connectivity index (χ1) is 8.74. The Balaban J connectivity index is 2.08. The first-order valence-electron chi connectivity index (χ1n) is 5.82. The van der Waals surface area contributed by atoms with Gasteiger partial charge in [-0.1, -0.05) is 30.3 Å². The normalized spacial score (nSPS) is 20.8. The second-order valence-electron chi connectivity index (χ2n) is 4.41. The third-order valence-corrected chi connectivity index (χ3v) is 3.19. The predicted molar refractivity (Wildman–Crippen MR) is 67.6 cm³/mol. The Labute approximate surface area is 104 Å². The van der Waals surface area contributed by atoms with E-state index in [1.165, 1.54) is 0 Å². The molecule has 0 saturated carbocycles. The van der Waals surface area contributed by atoms with E-state index >= 15 is 0 Å². The summed E-state index contributed by atoms with van der Waals surface area (Å²) in [5, 5.41) is 11.1. The largest absolute Gasteiger partial charge is 0.481 e. The highest BCUT2D eigenvalue weighted by atomic mass is 16.5. The molecular weight excluding hydrogens is 228 g/mol. The van der Waals surface area contributed by atoms with E-state index in [1.54, 1.807) is 18.4 Å². The maximum absolute atomic E-state index is 11.0. The van der Waals surface area contributed by atoms with Crippen molar-refractivity contribution in [2.45, 2.75) is 6.42 Å². The Morgan fingerprint density at radius 3 is 2.83 bits per heavy atom. The standard InChI is InChI=1S/C15H12O3/c16-15(17)11-5-6-14-13(8-11)7-10-3-1-2-4-12(10)9-18-14/h1-7,9,11H,8H2,(H,16,17). The molecule has 0 fully saturated rings. The van der Waals surface area contributed by atoms with Crippen molar-refractivity contribution < 1.29 is 14.6 Å². The van der Waals surface area contributed by atoms with Crippen LogP contribution in [0.1, 0.15) is 6.42 Å². The number of hydrogen-bond donors (Lipinski definition) is 1. The van der Waals surface area contributed by atoms with Gasteiger partial charge in [0, 0.05) is 5.22 Å². The van der Waals surface area contributed by atoms with Gasteiger partial charge in [-0.25, -0.2) is 0 Å². The van der Waals surface area contributed by atoms with E-state index in [9.17, 15) is 4.79 Å². The fourth-order valence-corrected chi connectivity index (χ4v) is 2.20. The van der Waals surface area contributed by atoms with Gasteiger partial charge in [-0.15, -0.1) is 0 Å². The third-order valence-electron chi connectivity index (χ3n) is 3.19. The summed E-state index contributed by atoms with van der Waals surface area (Å²) in [5.74, 6) is -0.523. The molecule has 0 bridgehead atoms. The molecule has 2 aliphatic rings. The lowest BCUT2D eigenvalue weighted by Crippen LogP contribution is -2.23. The van der Waals surface area contributed by atoms with Gasteiger partial charge in [-0.3, -0.25) is 4.79 Å². The first-order valence-corrected chi connectivity index (χ1v) is 5.82. The van der Waals surface area contributed by atoms with Crippen molar-refractivity contribution in [1.82, 2.24) is 0 Å². The number of carboxylic acid groups (broad SMARTS) is 1. The summed E-state index contributed by atoms with van der Waals surface area (Å²) >= 11 is 0. The van der Waals surface area contributed by atoms with Crippen LogP contribution in [0.15, 0.2) is 47.7 Å². The average Bonchev–Trinajstić information content (AvgIpc) is 2.56. The van der Waals surface area contributed by atoms with Crippen LogP contribution in [-0.4, -0.2) is 11.1 Å². The number of allylic oxidation sites excluding steroid dienone is 2. The average molecular weight is 240 g/mol. The molecule has 1 aliphatic heterocycles. The van der Waals surface area contributed by atoms with Gasteiger partial charge in [0.15, 0.2) is 0 Å². The molecule has 1 aromatic carbocycles. The number of aliphatic carboxylic acids is 1. The van der Waals surface area contributed by atoms with Crippen molar-refractivity contribution in [3.8, 4) is 0 Å². The summed E-state index contributed by atoms with van der Waals surface area (Å²) in [6.45, 7) is 0. The summed E-state index contributed by atoms with van der Waals surface area (Å²) < 4.78 is 5.61. The van der Waals surface area contributed by atoms with E-state index in [-0.39, 0.29) is 0 Å². The molecule has 1 unspecified atom stereocenters. The van der Waals surface area contributed by atoms with Gasteiger partial charge in [0.2, 0.25) is 0 Å². The highest BCUT2D eigenvalue weighted by molar-refractivity contribution is 5.74. The Hall–Kier alpha value is -2.29. The van der Waals surface area contributed by atoms with E-state index in [0.717, 1.165) is 21.8 Å². The van der Waals surface area contributed by atoms with Crippen LogP contribution < -0.4 is 10.4 Å². The van der Waals surface area contributed by atoms with Crippen molar-refractivity contribution in [1.29, 1.82) is 0 Å². The second-order valence-corrected chi connectivity index (χ2v) is 4.41. The van der Waals surface area contributed by atoms with Crippen LogP contribution in [0, 0.1) is 5.92 Å². The number of rotatable bonds is 1. The van der Waals surface area contributed by atoms with E-state index in [1.807, 2.05) is 30.3 Å². The number of ether oxygens (including phenoxy) is 1. The zero-order valence-corrected chi connectivity index (χ0v) is 9.67. The minimum Gasteiger partial charge on any atom is -0.481 e. The van der Waals surface area contributed by atoms with Crippen molar-refractivity contribution in [2.24, 2.45) is 5.92 Å². The Bertz CT molecular complexity index is 680. The van der Waals surface area contributed by atoms with Crippen LogP contribution >= 0.6 is 0 Å². The zero-order chi connectivity index (χ0) is 12.5. The van der Waals surface area contributed by atoms with Crippen LogP contribution in [0.4, 0.5) is 0 Å². The van der Waals surface area contributed by atoms with Gasteiger partial charge in [0.25, 0.3) is 0 Å². The van der Waals surface area contributed by atoms with Crippen molar-refractivity contribution in [2.75, 3.05) is 0 Å². The molecule has 0 spiro atoms. The SMILES string of the molecule is O=C(O)C1C=CC2=C(C=c3ccccc3=CO2)C1. The molecule has 3 heteroatoms. The molecule has 1 aliphatic carbocycles. The van der Waals surface area contributed by atoms with E-state index in [0.29, 0.717) is 6.42 Å². The molecule has 90 valence electrons. The number of benzene rings is 1. The highest BCUT2D eigenvalue weighted by Gasteiger charge is 2.22. The van der Waals surface area contributed by atoms with Crippen molar-refractivity contribution in [3.63, 3.8) is 0 Å². The van der Waals surface area contributed by atoms with E-state index in [2.05, 4.69) is 0 Å². The number of carboxylic acids is 1. The molecule has 0 radical (unpaired) electrons. The van der Waals surface area contributed by atoms with E-state index < -0.39 is 11.9 Å². The molecule has 1 aromatic rings. The van der Waals surface area contributed by atoms with Gasteiger partial charge in [0.1, 0.15) is 5.76 Å². The quantitative estimate of drug-likeness (QED) is 0.801. The molecule has 3 nitrogen and oxygen atoms in total. The molecule has 1 heterocycles. The summed E-state index contributed by atoms with van der Waals surface area (Å²) in [5.41, 5.74) is 0.936. The summed E-state index contributed by atoms with van der Waals surface area (Å²) in [7, 11) is 0. The van der Waals surface area contributed by atoms with Gasteiger partial charge >= 0.3 is 5.97 Å². The highest BCUT2D eigenvalue weighted by Crippen LogP contribution is 2.26. The van der Waals surface area contributed by atoms with Gasteiger partial charge in [-0.05, 0) is 29.4 Å². The Morgan fingerprint density at radius 2 is 2.06 bits per heavy atom. The number of fused-ring (bicyclic) bond motifs is 1. The third kappa shape index (κ3) is 1.84. The summed E-state index contributed by atoms with van der Waals surface area (Å²) in [4.78, 5) is 11.0. The lowest BCUT2D eigenvalue weighted by molar-refractivity contribution is -0.140. The molecule has 0 saturated heterocycles. The van der Waals surface area contributed by atoms with Gasteiger partial charge in [0.05, 0.1) is 12.2 Å². The monoisotopic (exact) mass is 240 g/mol. The van der Waals surface area contributed by atoms with E-state index in [4.69, 9.17) is 9.84 Å². The van der Waals surface area contributed by atoms with Crippen LogP contribution in [0.2, 0.25) is 0 Å². The molecule has 18 heavy (non-hydrogen) atoms. The summed E-state index contributed by atoms with van der Waals surface area (Å²) in [6.07, 6.45) is 7.62. The minimum absolute atomic E-state index is 0.464. The Morgan fingerprint density at radius 1 is 1.28 bits per heavy atom. The summed E-state index contributed by atoms with van der Waals surface area (Å²) in [6, 6.07) is 7.89. The van der Waals surface area contributed by atoms with Crippen LogP contribution in [-0.2, 0) is 9.53 Å². The number of hydrogen-bond acceptors (Lipinski definition) is 2. The van der Waals surface area contributed by atoms with Crippen LogP contribution in [0.5, 0.6) is 0 Å². The molecule has 0 amide bonds. The molecule has 3 rings (SSSR count). The van der Waals surface area contributed by atoms with Gasteiger partial charge < -0.3 is 9.84 Å². The Kier molecular flexibility index (Phi) is 2.52. The van der Waals surface area contributed by atoms with Crippen LogP contribution in [0.3, 0.4) is 0 Å². The zero-order valence-electron chi connectivity index (χ0n) is 9.67. The topological polar surface area (TPSA) is 46.5 Å².